The molecule has 0 saturated heterocycles. The highest BCUT2D eigenvalue weighted by Gasteiger charge is 2.22. The van der Waals surface area contributed by atoms with Gasteiger partial charge in [0.2, 0.25) is 0 Å². The summed E-state index contributed by atoms with van der Waals surface area (Å²) in [5, 5.41) is 10.3. The summed E-state index contributed by atoms with van der Waals surface area (Å²) in [6.07, 6.45) is 1.44. The molecule has 0 spiro atoms. The van der Waals surface area contributed by atoms with Crippen LogP contribution < -0.4 is 0 Å². The van der Waals surface area contributed by atoms with E-state index in [9.17, 15) is 0 Å². The highest BCUT2D eigenvalue weighted by Crippen LogP contribution is 2.49. The van der Waals surface area contributed by atoms with Crippen LogP contribution in [0, 0.1) is 5.41 Å². The topological polar surface area (TPSA) is 23.9 Å². The van der Waals surface area contributed by atoms with Crippen molar-refractivity contribution in [3.8, 4) is 33.4 Å². The van der Waals surface area contributed by atoms with Crippen LogP contribution in [-0.2, 0) is 0 Å². The minimum atomic E-state index is 0.953. The van der Waals surface area contributed by atoms with E-state index in [1.807, 2.05) is 18.2 Å². The lowest BCUT2D eigenvalue weighted by atomic mass is 9.92. The van der Waals surface area contributed by atoms with Crippen LogP contribution in [0.15, 0.2) is 78.9 Å². The minimum absolute atomic E-state index is 0.953. The molecular weight excluding hydrogens is 290 g/mol. The summed E-state index contributed by atoms with van der Waals surface area (Å²) in [5.74, 6) is 0. The van der Waals surface area contributed by atoms with Crippen LogP contribution in [0.1, 0.15) is 5.56 Å². The first-order chi connectivity index (χ1) is 11.9. The molecule has 5 rings (SSSR count). The standard InChI is InChI=1S/C23H15N/c24-14-15-6-1-2-7-16(15)19-12-13-22-18-9-4-3-8-17(18)20-10-5-11-21(19)23(20)22/h1-14,24H. The lowest BCUT2D eigenvalue weighted by Crippen LogP contribution is -1.89. The first kappa shape index (κ1) is 13.3. The predicted octanol–water partition coefficient (Wildman–Crippen LogP) is 6.15. The second-order valence-electron chi connectivity index (χ2n) is 6.17. The zero-order valence-corrected chi connectivity index (χ0v) is 13.1. The molecular formula is C23H15N. The van der Waals surface area contributed by atoms with E-state index in [1.54, 1.807) is 0 Å². The number of rotatable bonds is 2. The Morgan fingerprint density at radius 1 is 0.500 bits per heavy atom. The molecule has 0 aliphatic heterocycles. The van der Waals surface area contributed by atoms with Gasteiger partial charge in [0.15, 0.2) is 0 Å². The van der Waals surface area contributed by atoms with Gasteiger partial charge in [-0.05, 0) is 49.7 Å². The molecule has 4 aromatic carbocycles. The van der Waals surface area contributed by atoms with Gasteiger partial charge in [-0.3, -0.25) is 0 Å². The maximum Gasteiger partial charge on any atom is 0.0256 e. The number of benzene rings is 4. The predicted molar refractivity (Wildman–Crippen MR) is 102 cm³/mol. The van der Waals surface area contributed by atoms with Crippen molar-refractivity contribution in [3.05, 3.63) is 84.4 Å². The summed E-state index contributed by atoms with van der Waals surface area (Å²) >= 11 is 0. The van der Waals surface area contributed by atoms with Crippen molar-refractivity contribution >= 4 is 17.0 Å². The average molecular weight is 305 g/mol. The van der Waals surface area contributed by atoms with Gasteiger partial charge in [-0.1, -0.05) is 78.9 Å². The Kier molecular flexibility index (Phi) is 2.71. The lowest BCUT2D eigenvalue weighted by Gasteiger charge is -2.11. The highest BCUT2D eigenvalue weighted by atomic mass is 14.3. The molecule has 0 unspecified atom stereocenters. The Labute approximate surface area is 140 Å². The Morgan fingerprint density at radius 2 is 1.08 bits per heavy atom. The van der Waals surface area contributed by atoms with Gasteiger partial charge in [0.1, 0.15) is 0 Å². The molecule has 1 heteroatoms. The van der Waals surface area contributed by atoms with E-state index < -0.39 is 0 Å². The largest absolute Gasteiger partial charge is 0.308 e. The van der Waals surface area contributed by atoms with Crippen LogP contribution in [-0.4, -0.2) is 6.21 Å². The molecule has 0 heterocycles. The average Bonchev–Trinajstić information content (AvgIpc) is 2.98. The third-order valence-electron chi connectivity index (χ3n) is 4.95. The van der Waals surface area contributed by atoms with E-state index in [2.05, 4.69) is 60.7 Å². The van der Waals surface area contributed by atoms with Gasteiger partial charge in [-0.15, -0.1) is 0 Å². The van der Waals surface area contributed by atoms with Crippen molar-refractivity contribution in [2.45, 2.75) is 0 Å². The summed E-state index contributed by atoms with van der Waals surface area (Å²) in [7, 11) is 0. The van der Waals surface area contributed by atoms with Gasteiger partial charge in [-0.25, -0.2) is 0 Å². The van der Waals surface area contributed by atoms with Crippen molar-refractivity contribution < 1.29 is 0 Å². The van der Waals surface area contributed by atoms with Crippen LogP contribution in [0.2, 0.25) is 0 Å². The SMILES string of the molecule is N=Cc1ccccc1-c1ccc2c3c(cccc13)-c1ccccc1-2. The molecule has 1 N–H and O–H groups in total. The molecule has 0 amide bonds. The Hall–Kier alpha value is -3.19. The molecule has 0 radical (unpaired) electrons. The summed E-state index contributed by atoms with van der Waals surface area (Å²) < 4.78 is 0. The molecule has 0 saturated carbocycles. The molecule has 1 nitrogen and oxygen atoms in total. The third-order valence-corrected chi connectivity index (χ3v) is 4.95. The second-order valence-corrected chi connectivity index (χ2v) is 6.17. The Balaban J connectivity index is 1.90. The molecule has 0 aromatic heterocycles. The van der Waals surface area contributed by atoms with Crippen molar-refractivity contribution in [1.82, 2.24) is 0 Å². The smallest absolute Gasteiger partial charge is 0.0256 e. The van der Waals surface area contributed by atoms with E-state index in [1.165, 1.54) is 44.8 Å². The van der Waals surface area contributed by atoms with E-state index >= 15 is 0 Å². The monoisotopic (exact) mass is 305 g/mol. The minimum Gasteiger partial charge on any atom is -0.308 e. The molecule has 1 aliphatic carbocycles. The quantitative estimate of drug-likeness (QED) is 0.378. The van der Waals surface area contributed by atoms with Gasteiger partial charge < -0.3 is 5.41 Å². The molecule has 0 fully saturated rings. The molecule has 1 aliphatic rings. The number of fused-ring (bicyclic) bond motifs is 3. The normalized spacial score (nSPS) is 11.5. The van der Waals surface area contributed by atoms with Crippen LogP contribution in [0.5, 0.6) is 0 Å². The van der Waals surface area contributed by atoms with Crippen molar-refractivity contribution in [3.63, 3.8) is 0 Å². The first-order valence-electron chi connectivity index (χ1n) is 8.14. The second kappa shape index (κ2) is 4.90. The number of hydrogen-bond donors (Lipinski definition) is 1. The summed E-state index contributed by atoms with van der Waals surface area (Å²) in [4.78, 5) is 0. The zero-order valence-electron chi connectivity index (χ0n) is 13.1. The van der Waals surface area contributed by atoms with Gasteiger partial charge in [0.25, 0.3) is 0 Å². The number of hydrogen-bond acceptors (Lipinski definition) is 1. The highest BCUT2D eigenvalue weighted by molar-refractivity contribution is 6.19. The maximum atomic E-state index is 7.72. The fraction of sp³-hybridized carbons (Fsp3) is 0. The molecule has 112 valence electrons. The van der Waals surface area contributed by atoms with Crippen LogP contribution in [0.25, 0.3) is 44.2 Å². The maximum absolute atomic E-state index is 7.72. The van der Waals surface area contributed by atoms with Crippen LogP contribution in [0.3, 0.4) is 0 Å². The molecule has 24 heavy (non-hydrogen) atoms. The van der Waals surface area contributed by atoms with Crippen molar-refractivity contribution in [1.29, 1.82) is 5.41 Å². The fourth-order valence-corrected chi connectivity index (χ4v) is 3.91. The Bertz CT molecular complexity index is 1090. The van der Waals surface area contributed by atoms with E-state index in [0.29, 0.717) is 0 Å². The van der Waals surface area contributed by atoms with Crippen LogP contribution >= 0.6 is 0 Å². The molecule has 4 aromatic rings. The van der Waals surface area contributed by atoms with Crippen molar-refractivity contribution in [2.75, 3.05) is 0 Å². The van der Waals surface area contributed by atoms with Gasteiger partial charge in [0, 0.05) is 6.21 Å². The Morgan fingerprint density at radius 3 is 1.83 bits per heavy atom. The zero-order chi connectivity index (χ0) is 16.1. The molecule has 0 bridgehead atoms. The first-order valence-corrected chi connectivity index (χ1v) is 8.14. The summed E-state index contributed by atoms with van der Waals surface area (Å²) in [6, 6.07) is 27.7. The summed E-state index contributed by atoms with van der Waals surface area (Å²) in [5.41, 5.74) is 8.52. The van der Waals surface area contributed by atoms with Crippen LogP contribution in [0.4, 0.5) is 0 Å². The van der Waals surface area contributed by atoms with Gasteiger partial charge in [-0.2, -0.15) is 0 Å². The van der Waals surface area contributed by atoms with Crippen molar-refractivity contribution in [2.24, 2.45) is 0 Å². The van der Waals surface area contributed by atoms with Gasteiger partial charge in [0.05, 0.1) is 0 Å². The molecule has 0 atom stereocenters. The van der Waals surface area contributed by atoms with E-state index in [-0.39, 0.29) is 0 Å². The number of nitrogens with one attached hydrogen (secondary N) is 1. The lowest BCUT2D eigenvalue weighted by molar-refractivity contribution is 1.53. The van der Waals surface area contributed by atoms with E-state index in [0.717, 1.165) is 11.1 Å². The fourth-order valence-electron chi connectivity index (χ4n) is 3.91. The van der Waals surface area contributed by atoms with Gasteiger partial charge >= 0.3 is 0 Å². The van der Waals surface area contributed by atoms with E-state index in [4.69, 9.17) is 5.41 Å². The third kappa shape index (κ3) is 1.67. The summed E-state index contributed by atoms with van der Waals surface area (Å²) in [6.45, 7) is 0.